The third-order valence-corrected chi connectivity index (χ3v) is 6.63. The van der Waals surface area contributed by atoms with E-state index in [4.69, 9.17) is 23.9 Å². The number of H-pyrrole nitrogens is 1. The van der Waals surface area contributed by atoms with Gasteiger partial charge in [-0.05, 0) is 67.6 Å². The number of fused-ring (bicyclic) bond motifs is 1. The van der Waals surface area contributed by atoms with Crippen molar-refractivity contribution in [2.45, 2.75) is 11.9 Å². The number of nitrogens with zero attached hydrogens (tertiary/aromatic N) is 1. The van der Waals surface area contributed by atoms with Crippen LogP contribution in [0, 0.1) is 0 Å². The van der Waals surface area contributed by atoms with Crippen LogP contribution in [0.2, 0.25) is 0 Å². The number of ether oxygens (including phenoxy) is 4. The Balaban J connectivity index is 1.35. The number of benzene rings is 3. The maximum absolute atomic E-state index is 12.8. The van der Waals surface area contributed by atoms with Crippen LogP contribution in [0.15, 0.2) is 71.8 Å². The topological polar surface area (TPSA) is 94.7 Å². The molecule has 5 rings (SSSR count). The maximum Gasteiger partial charge on any atom is 0.234 e. The maximum atomic E-state index is 12.8. The van der Waals surface area contributed by atoms with Gasteiger partial charge in [-0.3, -0.25) is 4.79 Å². The molecule has 3 aromatic carbocycles. The van der Waals surface area contributed by atoms with Gasteiger partial charge in [-0.1, -0.05) is 11.8 Å². The molecule has 0 fully saturated rings. The number of imidazole rings is 1. The van der Waals surface area contributed by atoms with Gasteiger partial charge in [-0.2, -0.15) is 0 Å². The van der Waals surface area contributed by atoms with Gasteiger partial charge in [0.15, 0.2) is 11.5 Å². The first kappa shape index (κ1) is 24.6. The highest BCUT2D eigenvalue weighted by molar-refractivity contribution is 8.00. The number of anilines is 1. The first-order valence-corrected chi connectivity index (χ1v) is 12.9. The summed E-state index contributed by atoms with van der Waals surface area (Å²) >= 11 is 1.37. The summed E-state index contributed by atoms with van der Waals surface area (Å²) in [5, 5.41) is 3.66. The minimum Gasteiger partial charge on any atom is -0.497 e. The van der Waals surface area contributed by atoms with Crippen LogP contribution in [-0.4, -0.2) is 48.6 Å². The van der Waals surface area contributed by atoms with E-state index in [1.807, 2.05) is 55.5 Å². The molecule has 0 unspecified atom stereocenters. The van der Waals surface area contributed by atoms with Crippen LogP contribution in [0.1, 0.15) is 6.92 Å². The molecule has 37 heavy (non-hydrogen) atoms. The Morgan fingerprint density at radius 1 is 0.973 bits per heavy atom. The number of aromatic nitrogens is 2. The molecule has 4 aromatic rings. The lowest BCUT2D eigenvalue weighted by atomic mass is 10.1. The van der Waals surface area contributed by atoms with Crippen LogP contribution >= 0.6 is 11.8 Å². The Hall–Kier alpha value is -4.11. The molecule has 8 nitrogen and oxygen atoms in total. The zero-order chi connectivity index (χ0) is 25.6. The fourth-order valence-electron chi connectivity index (χ4n) is 3.88. The third kappa shape index (κ3) is 5.83. The Morgan fingerprint density at radius 2 is 1.68 bits per heavy atom. The molecule has 0 radical (unpaired) electrons. The lowest BCUT2D eigenvalue weighted by Crippen LogP contribution is -2.17. The van der Waals surface area contributed by atoms with Crippen molar-refractivity contribution < 1.29 is 23.7 Å². The molecule has 0 bridgehead atoms. The van der Waals surface area contributed by atoms with Gasteiger partial charge in [0.05, 0.1) is 25.2 Å². The second-order valence-electron chi connectivity index (χ2n) is 8.15. The highest BCUT2D eigenvalue weighted by Crippen LogP contribution is 2.35. The van der Waals surface area contributed by atoms with E-state index < -0.39 is 0 Å². The number of thioether (sulfide) groups is 1. The molecule has 2 heterocycles. The molecule has 0 spiro atoms. The van der Waals surface area contributed by atoms with Gasteiger partial charge >= 0.3 is 0 Å². The van der Waals surface area contributed by atoms with Crippen molar-refractivity contribution in [3.63, 3.8) is 0 Å². The van der Waals surface area contributed by atoms with Gasteiger partial charge in [-0.15, -0.1) is 0 Å². The van der Waals surface area contributed by atoms with Gasteiger partial charge in [0.2, 0.25) is 5.91 Å². The quantitative estimate of drug-likeness (QED) is 0.277. The van der Waals surface area contributed by atoms with E-state index in [2.05, 4.69) is 10.3 Å². The number of rotatable bonds is 9. The van der Waals surface area contributed by atoms with Gasteiger partial charge in [0.1, 0.15) is 35.6 Å². The number of amides is 1. The van der Waals surface area contributed by atoms with Crippen molar-refractivity contribution in [2.75, 3.05) is 38.0 Å². The highest BCUT2D eigenvalue weighted by atomic mass is 32.2. The summed E-state index contributed by atoms with van der Waals surface area (Å²) in [4.78, 5) is 21.1. The molecule has 9 heteroatoms. The number of carbonyl (C=O) groups excluding carboxylic acids is 1. The van der Waals surface area contributed by atoms with Crippen LogP contribution in [-0.2, 0) is 4.79 Å². The molecule has 0 atom stereocenters. The van der Waals surface area contributed by atoms with Gasteiger partial charge < -0.3 is 29.2 Å². The van der Waals surface area contributed by atoms with Gasteiger partial charge in [-0.25, -0.2) is 4.98 Å². The molecule has 1 aliphatic rings. The van der Waals surface area contributed by atoms with E-state index in [1.54, 1.807) is 25.3 Å². The number of carbonyl (C=O) groups is 1. The minimum absolute atomic E-state index is 0.145. The lowest BCUT2D eigenvalue weighted by Gasteiger charge is -2.19. The number of nitrogens with one attached hydrogen (secondary N) is 2. The fourth-order valence-corrected chi connectivity index (χ4v) is 4.69. The fraction of sp³-hybridized carbons (Fsp3) is 0.214. The van der Waals surface area contributed by atoms with E-state index in [0.29, 0.717) is 42.8 Å². The molecule has 0 aliphatic carbocycles. The number of hydrogen-bond acceptors (Lipinski definition) is 7. The lowest BCUT2D eigenvalue weighted by molar-refractivity contribution is -0.113. The SMILES string of the molecule is CCOc1ccc(-c2nc(SCC(=O)Nc3ccc4c(c3)OCCO4)c(-c3ccc(OC)cc3)[nH]2)cc1. The first-order chi connectivity index (χ1) is 18.1. The van der Waals surface area contributed by atoms with E-state index in [-0.39, 0.29) is 11.7 Å². The van der Waals surface area contributed by atoms with Gasteiger partial charge in [0.25, 0.3) is 0 Å². The Morgan fingerprint density at radius 3 is 2.41 bits per heavy atom. The summed E-state index contributed by atoms with van der Waals surface area (Å²) in [7, 11) is 1.64. The monoisotopic (exact) mass is 517 g/mol. The zero-order valence-electron chi connectivity index (χ0n) is 20.6. The molecule has 2 N–H and O–H groups in total. The minimum atomic E-state index is -0.145. The second kappa shape index (κ2) is 11.3. The summed E-state index contributed by atoms with van der Waals surface area (Å²) in [5.74, 6) is 3.63. The smallest absolute Gasteiger partial charge is 0.234 e. The number of aromatic amines is 1. The first-order valence-electron chi connectivity index (χ1n) is 11.9. The predicted molar refractivity (Wildman–Crippen MR) is 144 cm³/mol. The molecule has 0 saturated heterocycles. The third-order valence-electron chi connectivity index (χ3n) is 5.65. The van der Waals surface area contributed by atoms with E-state index in [1.165, 1.54) is 11.8 Å². The van der Waals surface area contributed by atoms with Crippen molar-refractivity contribution in [1.29, 1.82) is 0 Å². The predicted octanol–water partition coefficient (Wildman–Crippen LogP) is 5.65. The van der Waals surface area contributed by atoms with E-state index in [9.17, 15) is 4.79 Å². The van der Waals surface area contributed by atoms with Gasteiger partial charge in [0, 0.05) is 22.9 Å². The molecule has 1 aromatic heterocycles. The standard InChI is InChI=1S/C28H27N3O5S/c1-3-34-22-11-6-19(7-12-22)27-30-26(18-4-9-21(33-2)10-5-18)28(31-27)37-17-25(32)29-20-8-13-23-24(16-20)36-15-14-35-23/h4-13,16H,3,14-15,17H2,1-2H3,(H,29,32)(H,30,31). The molecule has 1 amide bonds. The van der Waals surface area contributed by atoms with Crippen molar-refractivity contribution in [3.8, 4) is 45.6 Å². The summed E-state index contributed by atoms with van der Waals surface area (Å²) in [6.45, 7) is 3.57. The average molecular weight is 518 g/mol. The van der Waals surface area contributed by atoms with Crippen molar-refractivity contribution >= 4 is 23.4 Å². The van der Waals surface area contributed by atoms with Crippen molar-refractivity contribution in [3.05, 3.63) is 66.7 Å². The largest absolute Gasteiger partial charge is 0.497 e. The molecular weight excluding hydrogens is 490 g/mol. The molecular formula is C28H27N3O5S. The highest BCUT2D eigenvalue weighted by Gasteiger charge is 2.17. The Bertz CT molecular complexity index is 1370. The summed E-state index contributed by atoms with van der Waals surface area (Å²) in [5.41, 5.74) is 3.36. The summed E-state index contributed by atoms with van der Waals surface area (Å²) < 4.78 is 22.0. The zero-order valence-corrected chi connectivity index (χ0v) is 21.4. The van der Waals surface area contributed by atoms with Crippen molar-refractivity contribution in [2.24, 2.45) is 0 Å². The normalized spacial score (nSPS) is 12.2. The van der Waals surface area contributed by atoms with Crippen LogP contribution in [0.5, 0.6) is 23.0 Å². The average Bonchev–Trinajstić information content (AvgIpc) is 3.37. The van der Waals surface area contributed by atoms with Crippen LogP contribution in [0.3, 0.4) is 0 Å². The Labute approximate surface area is 219 Å². The molecule has 0 saturated carbocycles. The van der Waals surface area contributed by atoms with E-state index in [0.717, 1.165) is 33.3 Å². The molecule has 1 aliphatic heterocycles. The molecule has 190 valence electrons. The second-order valence-corrected chi connectivity index (χ2v) is 9.11. The van der Waals surface area contributed by atoms with Crippen LogP contribution in [0.25, 0.3) is 22.6 Å². The number of hydrogen-bond donors (Lipinski definition) is 2. The van der Waals surface area contributed by atoms with Crippen LogP contribution in [0.4, 0.5) is 5.69 Å². The summed E-state index contributed by atoms with van der Waals surface area (Å²) in [6, 6.07) is 20.9. The van der Waals surface area contributed by atoms with Crippen LogP contribution < -0.4 is 24.3 Å². The number of methoxy groups -OCH3 is 1. The summed E-state index contributed by atoms with van der Waals surface area (Å²) in [6.07, 6.45) is 0. The Kier molecular flexibility index (Phi) is 7.51. The van der Waals surface area contributed by atoms with E-state index >= 15 is 0 Å². The van der Waals surface area contributed by atoms with Crippen molar-refractivity contribution in [1.82, 2.24) is 9.97 Å².